The predicted octanol–water partition coefficient (Wildman–Crippen LogP) is 2.56. The monoisotopic (exact) mass is 353 g/mol. The highest BCUT2D eigenvalue weighted by Crippen LogP contribution is 2.58. The van der Waals surface area contributed by atoms with Gasteiger partial charge in [-0.25, -0.2) is 4.79 Å². The summed E-state index contributed by atoms with van der Waals surface area (Å²) in [6, 6.07) is 16.1. The number of rotatable bonds is 2. The number of hydrogen-bond acceptors (Lipinski definition) is 5. The molecule has 1 fully saturated rings. The molecular weight excluding hydrogens is 334 g/mol. The van der Waals surface area contributed by atoms with Gasteiger partial charge in [-0.2, -0.15) is 0 Å². The molecule has 2 aliphatic heterocycles. The van der Waals surface area contributed by atoms with Crippen LogP contribution in [-0.2, 0) is 19.7 Å². The molecule has 6 heteroatoms. The zero-order valence-electron chi connectivity index (χ0n) is 14.3. The van der Waals surface area contributed by atoms with Crippen molar-refractivity contribution >= 4 is 17.7 Å². The van der Waals surface area contributed by atoms with Crippen LogP contribution in [0.15, 0.2) is 54.6 Å². The maximum atomic E-state index is 13.1. The van der Waals surface area contributed by atoms with Gasteiger partial charge in [0.1, 0.15) is 11.5 Å². The lowest BCUT2D eigenvalue weighted by atomic mass is 9.72. The molecule has 0 bridgehead atoms. The van der Waals surface area contributed by atoms with E-state index in [0.717, 1.165) is 11.1 Å². The number of nitrogens with zero attached hydrogens (tertiary/aromatic N) is 1. The summed E-state index contributed by atoms with van der Waals surface area (Å²) >= 11 is 0. The third kappa shape index (κ3) is 2.15. The Hall–Kier alpha value is -2.86. The fraction of sp³-hybridized carbons (Fsp3) is 0.300. The van der Waals surface area contributed by atoms with Crippen LogP contribution in [0.5, 0.6) is 0 Å². The smallest absolute Gasteiger partial charge is 0.414 e. The summed E-state index contributed by atoms with van der Waals surface area (Å²) in [5.74, 6) is -0.427. The Morgan fingerprint density at radius 1 is 1.23 bits per heavy atom. The second-order valence-corrected chi connectivity index (χ2v) is 6.56. The summed E-state index contributed by atoms with van der Waals surface area (Å²) in [5.41, 5.74) is 1.09. The minimum atomic E-state index is -1.07. The average Bonchev–Trinajstić information content (AvgIpc) is 3.18. The molecule has 2 aliphatic rings. The number of hydrogen-bond donors (Lipinski definition) is 1. The van der Waals surface area contributed by atoms with Crippen LogP contribution in [0.4, 0.5) is 10.5 Å². The third-order valence-electron chi connectivity index (χ3n) is 5.25. The van der Waals surface area contributed by atoms with Gasteiger partial charge in [-0.15, -0.1) is 0 Å². The lowest BCUT2D eigenvalue weighted by Gasteiger charge is -2.32. The second-order valence-electron chi connectivity index (χ2n) is 6.56. The van der Waals surface area contributed by atoms with E-state index < -0.39 is 29.6 Å². The van der Waals surface area contributed by atoms with Gasteiger partial charge < -0.3 is 14.6 Å². The van der Waals surface area contributed by atoms with Crippen LogP contribution in [0.2, 0.25) is 0 Å². The number of ether oxygens (including phenoxy) is 2. The Morgan fingerprint density at radius 2 is 1.92 bits per heavy atom. The van der Waals surface area contributed by atoms with E-state index in [1.165, 1.54) is 12.0 Å². The molecular formula is C20H19NO5. The van der Waals surface area contributed by atoms with E-state index >= 15 is 0 Å². The van der Waals surface area contributed by atoms with Crippen molar-refractivity contribution in [3.05, 3.63) is 65.7 Å². The number of fused-ring (bicyclic) bond motifs is 2. The molecule has 0 saturated carbocycles. The summed E-state index contributed by atoms with van der Waals surface area (Å²) in [6.45, 7) is -0.255. The normalized spacial score (nSPS) is 26.7. The van der Waals surface area contributed by atoms with E-state index in [-0.39, 0.29) is 6.61 Å². The molecule has 1 amide bonds. The number of aliphatic hydroxyl groups is 1. The Kier molecular flexibility index (Phi) is 3.92. The Morgan fingerprint density at radius 3 is 2.58 bits per heavy atom. The molecule has 2 aromatic carbocycles. The third-order valence-corrected chi connectivity index (χ3v) is 5.25. The van der Waals surface area contributed by atoms with Crippen LogP contribution in [0, 0.1) is 0 Å². The molecule has 1 saturated heterocycles. The Balaban J connectivity index is 1.98. The van der Waals surface area contributed by atoms with Gasteiger partial charge in [-0.05, 0) is 17.2 Å². The number of aliphatic hydroxyl groups excluding tert-OH is 1. The quantitative estimate of drug-likeness (QED) is 0.840. The molecule has 2 heterocycles. The minimum Gasteiger partial charge on any atom is -0.459 e. The largest absolute Gasteiger partial charge is 0.459 e. The van der Waals surface area contributed by atoms with Gasteiger partial charge in [-0.3, -0.25) is 9.69 Å². The van der Waals surface area contributed by atoms with Crippen molar-refractivity contribution in [2.75, 3.05) is 18.6 Å². The van der Waals surface area contributed by atoms with E-state index in [0.29, 0.717) is 12.1 Å². The summed E-state index contributed by atoms with van der Waals surface area (Å²) in [6.07, 6.45) is -0.838. The van der Waals surface area contributed by atoms with Crippen LogP contribution in [0.25, 0.3) is 0 Å². The second kappa shape index (κ2) is 6.14. The predicted molar refractivity (Wildman–Crippen MR) is 93.8 cm³/mol. The topological polar surface area (TPSA) is 76.1 Å². The molecule has 1 N–H and O–H groups in total. The maximum absolute atomic E-state index is 13.1. The molecule has 26 heavy (non-hydrogen) atoms. The molecule has 2 aromatic rings. The summed E-state index contributed by atoms with van der Waals surface area (Å²) in [5, 5.41) is 9.57. The molecule has 0 aliphatic carbocycles. The van der Waals surface area contributed by atoms with E-state index in [4.69, 9.17) is 9.47 Å². The summed E-state index contributed by atoms with van der Waals surface area (Å²) in [7, 11) is 1.32. The highest BCUT2D eigenvalue weighted by molar-refractivity contribution is 6.00. The lowest BCUT2D eigenvalue weighted by Crippen LogP contribution is -2.43. The average molecular weight is 353 g/mol. The van der Waals surface area contributed by atoms with Gasteiger partial charge in [0.15, 0.2) is 0 Å². The van der Waals surface area contributed by atoms with E-state index in [2.05, 4.69) is 0 Å². The van der Waals surface area contributed by atoms with Crippen molar-refractivity contribution in [2.45, 2.75) is 24.0 Å². The number of cyclic esters (lactones) is 1. The molecule has 6 nitrogen and oxygen atoms in total. The SMILES string of the molecule is COC(=O)N1c2ccccc2[C@]2(C[C@H](CO)OC2=O)[C@H]1c1ccccc1. The van der Waals surface area contributed by atoms with Crippen LogP contribution < -0.4 is 4.90 Å². The van der Waals surface area contributed by atoms with Crippen LogP contribution in [-0.4, -0.2) is 37.0 Å². The zero-order chi connectivity index (χ0) is 18.3. The molecule has 0 aromatic heterocycles. The van der Waals surface area contributed by atoms with Crippen molar-refractivity contribution in [2.24, 2.45) is 0 Å². The van der Waals surface area contributed by atoms with E-state index in [1.807, 2.05) is 48.5 Å². The van der Waals surface area contributed by atoms with Crippen molar-refractivity contribution in [3.63, 3.8) is 0 Å². The van der Waals surface area contributed by atoms with E-state index in [1.54, 1.807) is 6.07 Å². The van der Waals surface area contributed by atoms with Crippen LogP contribution in [0.3, 0.4) is 0 Å². The number of anilines is 1. The molecule has 3 atom stereocenters. The van der Waals surface area contributed by atoms with E-state index in [9.17, 15) is 14.7 Å². The number of benzene rings is 2. The fourth-order valence-corrected chi connectivity index (χ4v) is 4.22. The summed E-state index contributed by atoms with van der Waals surface area (Å²) in [4.78, 5) is 27.2. The molecule has 134 valence electrons. The maximum Gasteiger partial charge on any atom is 0.414 e. The summed E-state index contributed by atoms with van der Waals surface area (Å²) < 4.78 is 10.5. The highest BCUT2D eigenvalue weighted by atomic mass is 16.6. The van der Waals surface area contributed by atoms with Crippen molar-refractivity contribution in [1.82, 2.24) is 0 Å². The van der Waals surface area contributed by atoms with Gasteiger partial charge >= 0.3 is 12.1 Å². The van der Waals surface area contributed by atoms with Crippen molar-refractivity contribution in [1.29, 1.82) is 0 Å². The fourth-order valence-electron chi connectivity index (χ4n) is 4.22. The highest BCUT2D eigenvalue weighted by Gasteiger charge is 2.63. The number of carbonyl (C=O) groups excluding carboxylic acids is 2. The zero-order valence-corrected chi connectivity index (χ0v) is 14.3. The van der Waals surface area contributed by atoms with Crippen molar-refractivity contribution < 1.29 is 24.2 Å². The first-order valence-corrected chi connectivity index (χ1v) is 8.47. The number of para-hydroxylation sites is 1. The van der Waals surface area contributed by atoms with Crippen LogP contribution >= 0.6 is 0 Å². The standard InChI is InChI=1S/C20H19NO5/c1-25-19(24)21-16-10-6-5-9-15(16)20(11-14(12-22)26-18(20)23)17(21)13-7-3-2-4-8-13/h2-10,14,17,22H,11-12H2,1H3/t14-,17-,20-/m1/s1. The first kappa shape index (κ1) is 16.6. The molecule has 1 spiro atoms. The van der Waals surface area contributed by atoms with Gasteiger partial charge in [0.25, 0.3) is 0 Å². The van der Waals surface area contributed by atoms with Gasteiger partial charge in [0.2, 0.25) is 0 Å². The molecule has 4 rings (SSSR count). The first-order chi connectivity index (χ1) is 12.6. The lowest BCUT2D eigenvalue weighted by molar-refractivity contribution is -0.147. The molecule has 0 radical (unpaired) electrons. The van der Waals surface area contributed by atoms with Crippen LogP contribution in [0.1, 0.15) is 23.6 Å². The number of methoxy groups -OCH3 is 1. The number of amides is 1. The van der Waals surface area contributed by atoms with Gasteiger partial charge in [-0.1, -0.05) is 48.5 Å². The number of carbonyl (C=O) groups is 2. The Labute approximate surface area is 151 Å². The number of esters is 1. The first-order valence-electron chi connectivity index (χ1n) is 8.47. The Bertz CT molecular complexity index is 852. The van der Waals surface area contributed by atoms with Gasteiger partial charge in [0, 0.05) is 6.42 Å². The van der Waals surface area contributed by atoms with Gasteiger partial charge in [0.05, 0.1) is 25.4 Å². The minimum absolute atomic E-state index is 0.255. The van der Waals surface area contributed by atoms with Crippen molar-refractivity contribution in [3.8, 4) is 0 Å². The molecule has 0 unspecified atom stereocenters.